The average molecular weight is 585 g/mol. The second-order valence-corrected chi connectivity index (χ2v) is 10.6. The van der Waals surface area contributed by atoms with Crippen LogP contribution in [0.5, 0.6) is 0 Å². The second kappa shape index (κ2) is 11.4. The number of hydrogen-bond donors (Lipinski definition) is 1. The van der Waals surface area contributed by atoms with Gasteiger partial charge in [-0.05, 0) is 48.0 Å². The number of piperazine rings is 1. The van der Waals surface area contributed by atoms with Gasteiger partial charge >= 0.3 is 12.1 Å². The van der Waals surface area contributed by atoms with E-state index < -0.39 is 6.04 Å². The Hall–Kier alpha value is -5.84. The number of carbonyl (C=O) groups excluding carboxylic acids is 3. The third-order valence-electron chi connectivity index (χ3n) is 8.00. The Bertz CT molecular complexity index is 1770. The van der Waals surface area contributed by atoms with Gasteiger partial charge in [-0.25, -0.2) is 9.59 Å². The van der Waals surface area contributed by atoms with Crippen molar-refractivity contribution in [2.45, 2.75) is 12.5 Å². The first-order valence-electron chi connectivity index (χ1n) is 14.3. The maximum Gasteiger partial charge on any atom is 0.329 e. The third kappa shape index (κ3) is 4.83. The van der Waals surface area contributed by atoms with E-state index in [1.807, 2.05) is 91.0 Å². The van der Waals surface area contributed by atoms with Gasteiger partial charge in [0, 0.05) is 25.1 Å². The highest BCUT2D eigenvalue weighted by atomic mass is 16.2. The minimum atomic E-state index is -0.703. The quantitative estimate of drug-likeness (QED) is 0.299. The first-order chi connectivity index (χ1) is 21.6. The van der Waals surface area contributed by atoms with Gasteiger partial charge in [0.05, 0.1) is 29.3 Å². The molecule has 218 valence electrons. The van der Waals surface area contributed by atoms with Crippen LogP contribution in [0.3, 0.4) is 0 Å². The maximum atomic E-state index is 14.6. The predicted molar refractivity (Wildman–Crippen MR) is 164 cm³/mol. The van der Waals surface area contributed by atoms with Crippen LogP contribution in [-0.2, 0) is 6.42 Å². The molecule has 0 unspecified atom stereocenters. The zero-order valence-corrected chi connectivity index (χ0v) is 23.7. The Balaban J connectivity index is 1.25. The molecule has 7 rings (SSSR count). The van der Waals surface area contributed by atoms with Crippen LogP contribution in [0.2, 0.25) is 0 Å². The minimum Gasteiger partial charge on any atom is -0.320 e. The molecule has 1 saturated heterocycles. The molecule has 1 aromatic heterocycles. The molecule has 11 heteroatoms. The molecule has 0 bridgehead atoms. The highest BCUT2D eigenvalue weighted by molar-refractivity contribution is 6.12. The normalized spacial score (nSPS) is 16.1. The van der Waals surface area contributed by atoms with Crippen LogP contribution in [0.15, 0.2) is 109 Å². The number of carbonyl (C=O) groups is 3. The summed E-state index contributed by atoms with van der Waals surface area (Å²) in [4.78, 5) is 48.8. The summed E-state index contributed by atoms with van der Waals surface area (Å²) >= 11 is 0. The summed E-state index contributed by atoms with van der Waals surface area (Å²) in [6.45, 7) is 0.609. The van der Waals surface area contributed by atoms with Crippen molar-refractivity contribution < 1.29 is 14.4 Å². The monoisotopic (exact) mass is 584 g/mol. The lowest BCUT2D eigenvalue weighted by atomic mass is 10.0. The average Bonchev–Trinajstić information content (AvgIpc) is 3.58. The lowest BCUT2D eigenvalue weighted by Crippen LogP contribution is -2.57. The van der Waals surface area contributed by atoms with Gasteiger partial charge < -0.3 is 9.80 Å². The van der Waals surface area contributed by atoms with E-state index in [4.69, 9.17) is 0 Å². The Kier molecular flexibility index (Phi) is 7.03. The molecule has 5 aromatic rings. The fourth-order valence-corrected chi connectivity index (χ4v) is 5.90. The fourth-order valence-electron chi connectivity index (χ4n) is 5.90. The van der Waals surface area contributed by atoms with E-state index in [1.54, 1.807) is 37.8 Å². The maximum absolute atomic E-state index is 14.6. The fraction of sp³-hybridized carbons (Fsp3) is 0.152. The molecule has 0 saturated carbocycles. The van der Waals surface area contributed by atoms with Crippen molar-refractivity contribution in [1.29, 1.82) is 0 Å². The number of aromatic nitrogens is 4. The smallest absolute Gasteiger partial charge is 0.320 e. The first kappa shape index (κ1) is 27.0. The van der Waals surface area contributed by atoms with Gasteiger partial charge in [0.2, 0.25) is 0 Å². The van der Waals surface area contributed by atoms with E-state index >= 15 is 0 Å². The minimum absolute atomic E-state index is 0.0598. The molecule has 11 nitrogen and oxygen atoms in total. The Morgan fingerprint density at radius 2 is 1.41 bits per heavy atom. The van der Waals surface area contributed by atoms with E-state index in [9.17, 15) is 14.4 Å². The summed E-state index contributed by atoms with van der Waals surface area (Å²) in [5, 5.41) is 14.7. The van der Waals surface area contributed by atoms with Crippen LogP contribution in [0.1, 0.15) is 27.8 Å². The van der Waals surface area contributed by atoms with E-state index in [-0.39, 0.29) is 49.7 Å². The van der Waals surface area contributed by atoms with Crippen LogP contribution in [0, 0.1) is 0 Å². The number of rotatable bonds is 3. The highest BCUT2D eigenvalue weighted by Crippen LogP contribution is 2.39. The summed E-state index contributed by atoms with van der Waals surface area (Å²) in [6.07, 6.45) is 0.183. The molecular formula is C33H28N8O3. The lowest BCUT2D eigenvalue weighted by molar-refractivity contribution is 0.0994. The summed E-state index contributed by atoms with van der Waals surface area (Å²) in [6, 6.07) is 32.2. The topological polar surface area (TPSA) is 119 Å². The lowest BCUT2D eigenvalue weighted by Gasteiger charge is -2.43. The number of para-hydroxylation sites is 4. The van der Waals surface area contributed by atoms with Gasteiger partial charge in [-0.2, -0.15) is 5.21 Å². The van der Waals surface area contributed by atoms with Crippen molar-refractivity contribution in [2.75, 3.05) is 29.4 Å². The molecule has 0 spiro atoms. The SMILES string of the molecule is O=C1Cc2ccccc2N(C(=O)N2CCN(C(=O)N(c3ccccc3)c3ccccc3)C[C@H]2c2nn[nH]n2)c2ccccc21. The second-order valence-electron chi connectivity index (χ2n) is 10.6. The number of amides is 4. The summed E-state index contributed by atoms with van der Waals surface area (Å²) in [5.74, 6) is 0.227. The zero-order chi connectivity index (χ0) is 30.0. The Morgan fingerprint density at radius 1 is 0.773 bits per heavy atom. The molecule has 0 aliphatic carbocycles. The molecule has 4 amide bonds. The van der Waals surface area contributed by atoms with Gasteiger partial charge in [0.15, 0.2) is 11.6 Å². The van der Waals surface area contributed by atoms with Gasteiger partial charge in [0.25, 0.3) is 0 Å². The van der Waals surface area contributed by atoms with Crippen molar-refractivity contribution in [3.8, 4) is 0 Å². The number of anilines is 4. The first-order valence-corrected chi connectivity index (χ1v) is 14.3. The largest absolute Gasteiger partial charge is 0.329 e. The van der Waals surface area contributed by atoms with Crippen LogP contribution < -0.4 is 9.80 Å². The van der Waals surface area contributed by atoms with Crippen LogP contribution in [0.4, 0.5) is 32.3 Å². The summed E-state index contributed by atoms with van der Waals surface area (Å²) in [5.41, 5.74) is 3.83. The molecule has 1 atom stereocenters. The number of urea groups is 2. The number of tetrazole rings is 1. The van der Waals surface area contributed by atoms with Crippen LogP contribution >= 0.6 is 0 Å². The highest BCUT2D eigenvalue weighted by Gasteiger charge is 2.41. The standard InChI is InChI=1S/C33H28N8O3/c42-30-21-23-11-7-9-17-27(23)41(28-18-10-8-16-26(28)30)33(44)39-20-19-38(22-29(39)31-34-36-37-35-31)32(43)40(24-12-3-1-4-13-24)25-14-5-2-6-15-25/h1-18,29H,19-22H2,(H,34,35,36,37)/t29-/m0/s1. The van der Waals surface area contributed by atoms with E-state index in [0.717, 1.165) is 16.9 Å². The number of benzene rings is 4. The van der Waals surface area contributed by atoms with Crippen LogP contribution in [-0.4, -0.2) is 67.9 Å². The number of H-pyrrole nitrogens is 1. The molecule has 1 N–H and O–H groups in total. The predicted octanol–water partition coefficient (Wildman–Crippen LogP) is 5.51. The van der Waals surface area contributed by atoms with Crippen molar-refractivity contribution in [1.82, 2.24) is 30.4 Å². The van der Waals surface area contributed by atoms with Crippen molar-refractivity contribution in [3.05, 3.63) is 126 Å². The van der Waals surface area contributed by atoms with Crippen molar-refractivity contribution in [3.63, 3.8) is 0 Å². The molecule has 4 aromatic carbocycles. The van der Waals surface area contributed by atoms with Gasteiger partial charge in [-0.15, -0.1) is 10.2 Å². The zero-order valence-electron chi connectivity index (χ0n) is 23.7. The molecule has 2 aliphatic rings. The Labute approximate surface area is 253 Å². The van der Waals surface area contributed by atoms with Gasteiger partial charge in [0.1, 0.15) is 6.04 Å². The molecule has 2 aliphatic heterocycles. The molecule has 1 fully saturated rings. The van der Waals surface area contributed by atoms with Crippen molar-refractivity contribution >= 4 is 40.6 Å². The number of nitrogens with zero attached hydrogens (tertiary/aromatic N) is 7. The summed E-state index contributed by atoms with van der Waals surface area (Å²) < 4.78 is 0. The van der Waals surface area contributed by atoms with Gasteiger partial charge in [-0.3, -0.25) is 14.6 Å². The number of fused-ring (bicyclic) bond motifs is 2. The number of aromatic amines is 1. The third-order valence-corrected chi connectivity index (χ3v) is 8.00. The molecule has 44 heavy (non-hydrogen) atoms. The molecule has 0 radical (unpaired) electrons. The van der Waals surface area contributed by atoms with E-state index in [1.165, 1.54) is 0 Å². The number of ketones is 1. The van der Waals surface area contributed by atoms with E-state index in [2.05, 4.69) is 20.6 Å². The van der Waals surface area contributed by atoms with Gasteiger partial charge in [-0.1, -0.05) is 71.9 Å². The number of Topliss-reactive ketones (excluding diaryl/α,β-unsaturated/α-hetero) is 1. The van der Waals surface area contributed by atoms with E-state index in [0.29, 0.717) is 16.9 Å². The summed E-state index contributed by atoms with van der Waals surface area (Å²) in [7, 11) is 0. The number of nitrogens with one attached hydrogen (secondary N) is 1. The molecular weight excluding hydrogens is 556 g/mol. The van der Waals surface area contributed by atoms with Crippen LogP contribution in [0.25, 0.3) is 0 Å². The number of hydrogen-bond acceptors (Lipinski definition) is 6. The Morgan fingerprint density at radius 3 is 2.09 bits per heavy atom. The molecule has 3 heterocycles. The van der Waals surface area contributed by atoms with Crippen molar-refractivity contribution in [2.24, 2.45) is 0 Å².